The average Bonchev–Trinajstić information content (AvgIpc) is 2.90. The molecule has 10 heteroatoms. The lowest BCUT2D eigenvalue weighted by Crippen LogP contribution is -2.55. The number of para-hydroxylation sites is 1. The van der Waals surface area contributed by atoms with Crippen LogP contribution in [-0.4, -0.2) is 62.2 Å². The van der Waals surface area contributed by atoms with Crippen LogP contribution in [0.1, 0.15) is 25.0 Å². The van der Waals surface area contributed by atoms with Gasteiger partial charge in [-0.25, -0.2) is 8.70 Å². The Kier molecular flexibility index (Phi) is 10.2. The van der Waals surface area contributed by atoms with E-state index in [1.807, 2.05) is 44.2 Å². The van der Waals surface area contributed by atoms with E-state index in [0.29, 0.717) is 11.3 Å². The van der Waals surface area contributed by atoms with Crippen molar-refractivity contribution in [3.8, 4) is 0 Å². The fraction of sp³-hybridized carbons (Fsp3) is 0.310. The highest BCUT2D eigenvalue weighted by Gasteiger charge is 2.34. The summed E-state index contributed by atoms with van der Waals surface area (Å²) in [6, 6.07) is 22.1. The van der Waals surface area contributed by atoms with Crippen LogP contribution in [-0.2, 0) is 32.8 Å². The summed E-state index contributed by atoms with van der Waals surface area (Å²) >= 11 is 0. The molecule has 0 fully saturated rings. The van der Waals surface area contributed by atoms with Crippen molar-refractivity contribution in [2.24, 2.45) is 0 Å². The van der Waals surface area contributed by atoms with Gasteiger partial charge < -0.3 is 10.2 Å². The molecule has 0 aliphatic heterocycles. The lowest BCUT2D eigenvalue weighted by Gasteiger charge is -2.34. The summed E-state index contributed by atoms with van der Waals surface area (Å²) in [5.74, 6) is -1.37. The molecule has 3 rings (SSSR count). The van der Waals surface area contributed by atoms with Crippen LogP contribution < -0.4 is 9.62 Å². The molecule has 2 amide bonds. The summed E-state index contributed by atoms with van der Waals surface area (Å²) in [7, 11) is -1.28. The van der Waals surface area contributed by atoms with Gasteiger partial charge in [0.2, 0.25) is 11.8 Å². The lowest BCUT2D eigenvalue weighted by atomic mass is 10.0. The van der Waals surface area contributed by atoms with Crippen LogP contribution in [0.15, 0.2) is 84.9 Å². The highest BCUT2D eigenvalue weighted by Crippen LogP contribution is 2.21. The normalized spacial score (nSPS) is 12.3. The number of carbonyl (C=O) groups is 2. The van der Waals surface area contributed by atoms with Gasteiger partial charge in [-0.1, -0.05) is 60.7 Å². The summed E-state index contributed by atoms with van der Waals surface area (Å²) in [5.41, 5.74) is 1.74. The molecular weight excluding hydrogens is 519 g/mol. The van der Waals surface area contributed by atoms with Crippen LogP contribution in [0.3, 0.4) is 0 Å². The van der Waals surface area contributed by atoms with Gasteiger partial charge in [0.1, 0.15) is 18.4 Å². The van der Waals surface area contributed by atoms with Crippen molar-refractivity contribution in [1.29, 1.82) is 0 Å². The SMILES string of the molecule is CC(C)NC(=O)C(Cc1ccccc1)N(Cc1ccc(F)cc1)C(=O)CN(c1ccccc1)S(=O)(=O)N(C)C. The Morgan fingerprint density at radius 1 is 0.846 bits per heavy atom. The molecule has 0 saturated carbocycles. The van der Waals surface area contributed by atoms with E-state index in [1.54, 1.807) is 42.5 Å². The number of rotatable bonds is 12. The number of nitrogens with one attached hydrogen (secondary N) is 1. The Morgan fingerprint density at radius 3 is 1.95 bits per heavy atom. The number of benzene rings is 3. The molecule has 8 nitrogen and oxygen atoms in total. The summed E-state index contributed by atoms with van der Waals surface area (Å²) in [4.78, 5) is 28.9. The van der Waals surface area contributed by atoms with Crippen LogP contribution in [0, 0.1) is 5.82 Å². The summed E-state index contributed by atoms with van der Waals surface area (Å²) in [6.45, 7) is 3.09. The van der Waals surface area contributed by atoms with Crippen LogP contribution >= 0.6 is 0 Å². The first kappa shape index (κ1) is 29.8. The molecular formula is C29H35FN4O4S. The largest absolute Gasteiger partial charge is 0.352 e. The van der Waals surface area contributed by atoms with Crippen molar-refractivity contribution in [2.75, 3.05) is 24.9 Å². The first-order chi connectivity index (χ1) is 18.5. The van der Waals surface area contributed by atoms with Gasteiger partial charge in [-0.15, -0.1) is 0 Å². The molecule has 1 atom stereocenters. The molecule has 1 N–H and O–H groups in total. The maximum absolute atomic E-state index is 14.0. The van der Waals surface area contributed by atoms with Crippen LogP contribution in [0.25, 0.3) is 0 Å². The van der Waals surface area contributed by atoms with Gasteiger partial charge in [-0.3, -0.25) is 9.59 Å². The molecule has 3 aromatic rings. The zero-order valence-corrected chi connectivity index (χ0v) is 23.4. The quantitative estimate of drug-likeness (QED) is 0.371. The minimum Gasteiger partial charge on any atom is -0.352 e. The maximum Gasteiger partial charge on any atom is 0.304 e. The van der Waals surface area contributed by atoms with E-state index >= 15 is 0 Å². The Balaban J connectivity index is 2.07. The average molecular weight is 555 g/mol. The fourth-order valence-electron chi connectivity index (χ4n) is 4.03. The number of halogens is 1. The molecule has 0 bridgehead atoms. The van der Waals surface area contributed by atoms with E-state index < -0.39 is 34.5 Å². The Morgan fingerprint density at radius 2 is 1.41 bits per heavy atom. The van der Waals surface area contributed by atoms with Crippen LogP contribution in [0.4, 0.5) is 10.1 Å². The molecule has 0 aliphatic carbocycles. The first-order valence-corrected chi connectivity index (χ1v) is 14.0. The number of amides is 2. The predicted octanol–water partition coefficient (Wildman–Crippen LogP) is 3.60. The van der Waals surface area contributed by atoms with Gasteiger partial charge in [0, 0.05) is 33.1 Å². The molecule has 0 spiro atoms. The van der Waals surface area contributed by atoms with E-state index in [-0.39, 0.29) is 24.9 Å². The van der Waals surface area contributed by atoms with E-state index in [2.05, 4.69) is 5.32 Å². The first-order valence-electron chi connectivity index (χ1n) is 12.6. The number of nitrogens with zero attached hydrogens (tertiary/aromatic N) is 3. The molecule has 0 aliphatic rings. The van der Waals surface area contributed by atoms with Crippen molar-refractivity contribution in [3.63, 3.8) is 0 Å². The third-order valence-electron chi connectivity index (χ3n) is 6.03. The van der Waals surface area contributed by atoms with Gasteiger partial charge in [-0.05, 0) is 49.2 Å². The molecule has 0 radical (unpaired) electrons. The summed E-state index contributed by atoms with van der Waals surface area (Å²) in [5, 5.41) is 2.89. The summed E-state index contributed by atoms with van der Waals surface area (Å²) in [6.07, 6.45) is 0.206. The van der Waals surface area contributed by atoms with Crippen LogP contribution in [0.2, 0.25) is 0 Å². The van der Waals surface area contributed by atoms with Crippen molar-refractivity contribution >= 4 is 27.7 Å². The molecule has 1 unspecified atom stereocenters. The van der Waals surface area contributed by atoms with E-state index in [4.69, 9.17) is 0 Å². The highest BCUT2D eigenvalue weighted by atomic mass is 32.2. The predicted molar refractivity (Wildman–Crippen MR) is 151 cm³/mol. The monoisotopic (exact) mass is 554 g/mol. The highest BCUT2D eigenvalue weighted by molar-refractivity contribution is 7.90. The zero-order chi connectivity index (χ0) is 28.6. The van der Waals surface area contributed by atoms with Crippen molar-refractivity contribution in [3.05, 3.63) is 102 Å². The second-order valence-electron chi connectivity index (χ2n) is 9.65. The summed E-state index contributed by atoms with van der Waals surface area (Å²) < 4.78 is 42.3. The number of hydrogen-bond donors (Lipinski definition) is 1. The Hall–Kier alpha value is -3.76. The van der Waals surface area contributed by atoms with Crippen molar-refractivity contribution < 1.29 is 22.4 Å². The van der Waals surface area contributed by atoms with E-state index in [9.17, 15) is 22.4 Å². The molecule has 0 saturated heterocycles. The number of carbonyl (C=O) groups excluding carboxylic acids is 2. The zero-order valence-electron chi connectivity index (χ0n) is 22.6. The van der Waals surface area contributed by atoms with Gasteiger partial charge in [0.05, 0.1) is 5.69 Å². The Labute approximate surface area is 230 Å². The van der Waals surface area contributed by atoms with E-state index in [1.165, 1.54) is 31.1 Å². The topological polar surface area (TPSA) is 90.0 Å². The standard InChI is InChI=1S/C29H35FN4O4S/c1-22(2)31-29(36)27(19-23-11-7-5-8-12-23)33(20-24-15-17-25(30)18-16-24)28(35)21-34(39(37,38)32(3)4)26-13-9-6-10-14-26/h5-18,22,27H,19-21H2,1-4H3,(H,31,36). The fourth-order valence-corrected chi connectivity index (χ4v) is 5.09. The second-order valence-corrected chi connectivity index (χ2v) is 11.7. The van der Waals surface area contributed by atoms with Gasteiger partial charge in [-0.2, -0.15) is 12.7 Å². The second kappa shape index (κ2) is 13.3. The molecule has 208 valence electrons. The molecule has 0 aromatic heterocycles. The smallest absolute Gasteiger partial charge is 0.304 e. The van der Waals surface area contributed by atoms with Crippen LogP contribution in [0.5, 0.6) is 0 Å². The van der Waals surface area contributed by atoms with Gasteiger partial charge in [0.15, 0.2) is 0 Å². The minimum absolute atomic E-state index is 0.0211. The minimum atomic E-state index is -4.05. The third-order valence-corrected chi connectivity index (χ3v) is 7.85. The van der Waals surface area contributed by atoms with E-state index in [0.717, 1.165) is 14.2 Å². The number of hydrogen-bond acceptors (Lipinski definition) is 4. The Bertz CT molecular complexity index is 1330. The van der Waals surface area contributed by atoms with Gasteiger partial charge >= 0.3 is 10.2 Å². The molecule has 39 heavy (non-hydrogen) atoms. The van der Waals surface area contributed by atoms with Crippen molar-refractivity contribution in [1.82, 2.24) is 14.5 Å². The number of anilines is 1. The molecule has 3 aromatic carbocycles. The maximum atomic E-state index is 14.0. The third kappa shape index (κ3) is 8.11. The van der Waals surface area contributed by atoms with Gasteiger partial charge in [0.25, 0.3) is 0 Å². The lowest BCUT2D eigenvalue weighted by molar-refractivity contribution is -0.140. The molecule has 0 heterocycles. The van der Waals surface area contributed by atoms with Crippen molar-refractivity contribution in [2.45, 2.75) is 38.9 Å².